The molecule has 122 valence electrons. The van der Waals surface area contributed by atoms with Crippen molar-refractivity contribution in [3.63, 3.8) is 0 Å². The average Bonchev–Trinajstić information content (AvgIpc) is 2.47. The molecule has 22 heavy (non-hydrogen) atoms. The van der Waals surface area contributed by atoms with Crippen LogP contribution in [0.1, 0.15) is 12.0 Å². The molecular formula is C15H24N4O2S. The number of nitrogens with one attached hydrogen (secondary N) is 3. The van der Waals surface area contributed by atoms with E-state index in [0.717, 1.165) is 25.1 Å². The quantitative estimate of drug-likeness (QED) is 0.392. The smallest absolute Gasteiger partial charge is 0.276 e. The Morgan fingerprint density at radius 2 is 2.09 bits per heavy atom. The van der Waals surface area contributed by atoms with Gasteiger partial charge in [0.2, 0.25) is 0 Å². The van der Waals surface area contributed by atoms with E-state index in [-0.39, 0.29) is 12.5 Å². The number of thiocarbonyl (C=S) groups is 1. The summed E-state index contributed by atoms with van der Waals surface area (Å²) in [5, 5.41) is 3.40. The van der Waals surface area contributed by atoms with Gasteiger partial charge in [-0.2, -0.15) is 0 Å². The number of amides is 1. The van der Waals surface area contributed by atoms with Crippen LogP contribution in [0.4, 0.5) is 0 Å². The van der Waals surface area contributed by atoms with E-state index in [9.17, 15) is 4.79 Å². The maximum Gasteiger partial charge on any atom is 0.276 e. The van der Waals surface area contributed by atoms with Crippen molar-refractivity contribution in [1.29, 1.82) is 0 Å². The molecule has 0 aliphatic rings. The highest BCUT2D eigenvalue weighted by molar-refractivity contribution is 7.80. The fourth-order valence-electron chi connectivity index (χ4n) is 1.66. The van der Waals surface area contributed by atoms with Gasteiger partial charge in [0.25, 0.3) is 5.91 Å². The van der Waals surface area contributed by atoms with E-state index in [1.165, 1.54) is 0 Å². The third-order valence-corrected chi connectivity index (χ3v) is 2.99. The van der Waals surface area contributed by atoms with Crippen LogP contribution in [-0.4, -0.2) is 49.7 Å². The predicted molar refractivity (Wildman–Crippen MR) is 91.7 cm³/mol. The summed E-state index contributed by atoms with van der Waals surface area (Å²) in [7, 11) is 4.04. The van der Waals surface area contributed by atoms with Gasteiger partial charge < -0.3 is 15.0 Å². The molecule has 0 aliphatic heterocycles. The lowest BCUT2D eigenvalue weighted by atomic mass is 10.2. The van der Waals surface area contributed by atoms with Gasteiger partial charge >= 0.3 is 0 Å². The number of hydrogen-bond acceptors (Lipinski definition) is 4. The minimum Gasteiger partial charge on any atom is -0.484 e. The number of ether oxygens (including phenoxy) is 1. The number of hydrogen-bond donors (Lipinski definition) is 3. The highest BCUT2D eigenvalue weighted by Crippen LogP contribution is 2.11. The van der Waals surface area contributed by atoms with Crippen molar-refractivity contribution < 1.29 is 9.53 Å². The summed E-state index contributed by atoms with van der Waals surface area (Å²) in [5.41, 5.74) is 6.22. The maximum absolute atomic E-state index is 11.6. The van der Waals surface area contributed by atoms with Crippen molar-refractivity contribution in [3.05, 3.63) is 29.8 Å². The summed E-state index contributed by atoms with van der Waals surface area (Å²) in [6.07, 6.45) is 0.971. The van der Waals surface area contributed by atoms with Gasteiger partial charge in [-0.25, -0.2) is 0 Å². The second kappa shape index (κ2) is 9.97. The highest BCUT2D eigenvalue weighted by Gasteiger charge is 2.03. The molecule has 0 heterocycles. The normalized spacial score (nSPS) is 10.2. The number of carbonyl (C=O) groups is 1. The first-order valence-corrected chi connectivity index (χ1v) is 7.55. The molecule has 0 unspecified atom stereocenters. The van der Waals surface area contributed by atoms with Crippen molar-refractivity contribution in [2.75, 3.05) is 33.8 Å². The lowest BCUT2D eigenvalue weighted by molar-refractivity contribution is -0.123. The van der Waals surface area contributed by atoms with Crippen LogP contribution in [0, 0.1) is 6.92 Å². The molecule has 3 N–H and O–H groups in total. The van der Waals surface area contributed by atoms with Gasteiger partial charge in [-0.1, -0.05) is 12.1 Å². The Balaban J connectivity index is 2.13. The van der Waals surface area contributed by atoms with E-state index in [1.54, 1.807) is 0 Å². The van der Waals surface area contributed by atoms with Crippen LogP contribution >= 0.6 is 12.2 Å². The Morgan fingerprint density at radius 1 is 1.32 bits per heavy atom. The monoisotopic (exact) mass is 324 g/mol. The van der Waals surface area contributed by atoms with Gasteiger partial charge in [0, 0.05) is 6.54 Å². The molecule has 0 radical (unpaired) electrons. The summed E-state index contributed by atoms with van der Waals surface area (Å²) in [5.74, 6) is 0.374. The van der Waals surface area contributed by atoms with E-state index >= 15 is 0 Å². The van der Waals surface area contributed by atoms with E-state index in [1.807, 2.05) is 45.3 Å². The van der Waals surface area contributed by atoms with Gasteiger partial charge in [0.05, 0.1) is 0 Å². The molecule has 6 nitrogen and oxygen atoms in total. The molecule has 0 bridgehead atoms. The van der Waals surface area contributed by atoms with E-state index in [0.29, 0.717) is 10.9 Å². The molecule has 0 saturated heterocycles. The summed E-state index contributed by atoms with van der Waals surface area (Å²) in [6.45, 7) is 3.63. The number of rotatable bonds is 7. The zero-order valence-electron chi connectivity index (χ0n) is 13.3. The first-order valence-electron chi connectivity index (χ1n) is 7.14. The molecule has 0 atom stereocenters. The largest absolute Gasteiger partial charge is 0.484 e. The SMILES string of the molecule is Cc1cccc(OCC(=O)NNC(=S)NCCCN(C)C)c1. The van der Waals surface area contributed by atoms with Crippen molar-refractivity contribution in [2.24, 2.45) is 0 Å². The number of hydrazine groups is 1. The fourth-order valence-corrected chi connectivity index (χ4v) is 1.81. The lowest BCUT2D eigenvalue weighted by Gasteiger charge is -2.13. The minimum absolute atomic E-state index is 0.0697. The molecule has 7 heteroatoms. The second-order valence-corrected chi connectivity index (χ2v) is 5.60. The molecule has 0 aromatic heterocycles. The molecule has 1 aromatic rings. The molecule has 0 saturated carbocycles. The first kappa shape index (κ1) is 18.2. The Labute approximate surface area is 137 Å². The standard InChI is InChI=1S/C15H24N4O2S/c1-12-6-4-7-13(10-12)21-11-14(20)17-18-15(22)16-8-5-9-19(2)3/h4,6-7,10H,5,8-9,11H2,1-3H3,(H,17,20)(H2,16,18,22). The third kappa shape index (κ3) is 8.43. The van der Waals surface area contributed by atoms with E-state index in [4.69, 9.17) is 17.0 Å². The molecule has 0 spiro atoms. The summed E-state index contributed by atoms with van der Waals surface area (Å²) in [6, 6.07) is 7.53. The van der Waals surface area contributed by atoms with Crippen molar-refractivity contribution in [3.8, 4) is 5.75 Å². The van der Waals surface area contributed by atoms with Crippen LogP contribution in [-0.2, 0) is 4.79 Å². The number of benzene rings is 1. The van der Waals surface area contributed by atoms with Gasteiger partial charge in [0.1, 0.15) is 5.75 Å². The first-order chi connectivity index (χ1) is 10.5. The zero-order valence-corrected chi connectivity index (χ0v) is 14.1. The van der Waals surface area contributed by atoms with Crippen LogP contribution in [0.15, 0.2) is 24.3 Å². The Hall–Kier alpha value is -1.86. The number of carbonyl (C=O) groups excluding carboxylic acids is 1. The van der Waals surface area contributed by atoms with E-state index in [2.05, 4.69) is 21.1 Å². The third-order valence-electron chi connectivity index (χ3n) is 2.74. The Morgan fingerprint density at radius 3 is 2.77 bits per heavy atom. The average molecular weight is 324 g/mol. The highest BCUT2D eigenvalue weighted by atomic mass is 32.1. The fraction of sp³-hybridized carbons (Fsp3) is 0.467. The summed E-state index contributed by atoms with van der Waals surface area (Å²) >= 11 is 5.05. The van der Waals surface area contributed by atoms with Crippen LogP contribution in [0.25, 0.3) is 0 Å². The predicted octanol–water partition coefficient (Wildman–Crippen LogP) is 0.821. The molecule has 1 aromatic carbocycles. The van der Waals surface area contributed by atoms with Crippen molar-refractivity contribution in [2.45, 2.75) is 13.3 Å². The van der Waals surface area contributed by atoms with Gasteiger partial charge in [-0.05, 0) is 63.9 Å². The van der Waals surface area contributed by atoms with Crippen molar-refractivity contribution >= 4 is 23.2 Å². The summed E-state index contributed by atoms with van der Waals surface area (Å²) < 4.78 is 5.38. The minimum atomic E-state index is -0.293. The van der Waals surface area contributed by atoms with Gasteiger partial charge in [0.15, 0.2) is 11.7 Å². The van der Waals surface area contributed by atoms with Gasteiger partial charge in [-0.3, -0.25) is 15.6 Å². The van der Waals surface area contributed by atoms with Crippen molar-refractivity contribution in [1.82, 2.24) is 21.1 Å². The maximum atomic E-state index is 11.6. The number of aryl methyl sites for hydroxylation is 1. The van der Waals surface area contributed by atoms with Crippen LogP contribution in [0.2, 0.25) is 0 Å². The molecule has 1 amide bonds. The molecular weight excluding hydrogens is 300 g/mol. The Bertz CT molecular complexity index is 494. The molecule has 0 fully saturated rings. The molecule has 1 rings (SSSR count). The molecule has 0 aliphatic carbocycles. The van der Waals surface area contributed by atoms with Crippen LogP contribution in [0.5, 0.6) is 5.75 Å². The number of nitrogens with zero attached hydrogens (tertiary/aromatic N) is 1. The van der Waals surface area contributed by atoms with E-state index < -0.39 is 0 Å². The topological polar surface area (TPSA) is 65.6 Å². The summed E-state index contributed by atoms with van der Waals surface area (Å²) in [4.78, 5) is 13.7. The van der Waals surface area contributed by atoms with Gasteiger partial charge in [-0.15, -0.1) is 0 Å². The zero-order chi connectivity index (χ0) is 16.4. The lowest BCUT2D eigenvalue weighted by Crippen LogP contribution is -2.48. The second-order valence-electron chi connectivity index (χ2n) is 5.19. The Kier molecular flexibility index (Phi) is 8.24. The van der Waals surface area contributed by atoms with Crippen LogP contribution < -0.4 is 20.9 Å². The van der Waals surface area contributed by atoms with Crippen LogP contribution in [0.3, 0.4) is 0 Å².